The number of rotatable bonds is 6. The summed E-state index contributed by atoms with van der Waals surface area (Å²) < 4.78 is 11.9. The minimum absolute atomic E-state index is 0.206. The van der Waals surface area contributed by atoms with Crippen LogP contribution in [0.5, 0.6) is 0 Å². The molecule has 6 rings (SSSR count). The zero-order valence-corrected chi connectivity index (χ0v) is 21.3. The second-order valence-electron chi connectivity index (χ2n) is 9.20. The fraction of sp³-hybridized carbons (Fsp3) is 0.207. The predicted octanol–water partition coefficient (Wildman–Crippen LogP) is 5.05. The van der Waals surface area contributed by atoms with Crippen LogP contribution in [0.25, 0.3) is 11.3 Å². The van der Waals surface area contributed by atoms with Crippen LogP contribution in [0.2, 0.25) is 0 Å². The Morgan fingerprint density at radius 2 is 1.76 bits per heavy atom. The second-order valence-corrected chi connectivity index (χ2v) is 9.59. The summed E-state index contributed by atoms with van der Waals surface area (Å²) in [4.78, 5) is 20.5. The van der Waals surface area contributed by atoms with Crippen LogP contribution < -0.4 is 15.1 Å². The number of nitrogens with zero attached hydrogens (tertiary/aromatic N) is 3. The third-order valence-electron chi connectivity index (χ3n) is 6.91. The van der Waals surface area contributed by atoms with Crippen LogP contribution in [0.3, 0.4) is 0 Å². The van der Waals surface area contributed by atoms with E-state index in [4.69, 9.17) is 21.4 Å². The van der Waals surface area contributed by atoms with Crippen molar-refractivity contribution in [3.05, 3.63) is 102 Å². The number of morpholine rings is 1. The number of furan rings is 1. The highest BCUT2D eigenvalue weighted by molar-refractivity contribution is 7.80. The molecule has 0 unspecified atom stereocenters. The molecule has 0 radical (unpaired) electrons. The van der Waals surface area contributed by atoms with E-state index in [1.54, 1.807) is 24.4 Å². The number of benzene rings is 2. The average Bonchev–Trinajstić information content (AvgIpc) is 3.59. The lowest BCUT2D eigenvalue weighted by atomic mass is 10.0. The zero-order valence-electron chi connectivity index (χ0n) is 20.5. The van der Waals surface area contributed by atoms with Gasteiger partial charge in [-0.3, -0.25) is 4.98 Å². The minimum atomic E-state index is -0.981. The molecule has 2 aliphatic heterocycles. The highest BCUT2D eigenvalue weighted by atomic mass is 32.1. The molecule has 0 spiro atoms. The SMILES string of the molecule is O=C(O)c1cccc(-c2ccc([C@H]3[C@@H](c4ccccn4)NC(=S)N3c3ccc(N4CCOCC4)cc3)o2)c1. The van der Waals surface area contributed by atoms with Crippen LogP contribution >= 0.6 is 12.2 Å². The van der Waals surface area contributed by atoms with Crippen molar-refractivity contribution in [2.45, 2.75) is 12.1 Å². The van der Waals surface area contributed by atoms with Gasteiger partial charge in [0.25, 0.3) is 0 Å². The maximum absolute atomic E-state index is 11.5. The summed E-state index contributed by atoms with van der Waals surface area (Å²) >= 11 is 5.83. The van der Waals surface area contributed by atoms with E-state index in [-0.39, 0.29) is 17.6 Å². The Hall–Kier alpha value is -4.21. The molecule has 8 nitrogen and oxygen atoms in total. The monoisotopic (exact) mass is 526 g/mol. The Balaban J connectivity index is 1.37. The average molecular weight is 527 g/mol. The van der Waals surface area contributed by atoms with Gasteiger partial charge in [-0.05, 0) is 72.9 Å². The van der Waals surface area contributed by atoms with Crippen LogP contribution in [0.1, 0.15) is 33.9 Å². The van der Waals surface area contributed by atoms with Crippen LogP contribution in [-0.2, 0) is 4.74 Å². The number of carboxylic acids is 1. The Morgan fingerprint density at radius 3 is 2.50 bits per heavy atom. The number of aromatic carboxylic acids is 1. The van der Waals surface area contributed by atoms with E-state index in [0.29, 0.717) is 22.2 Å². The first-order chi connectivity index (χ1) is 18.6. The summed E-state index contributed by atoms with van der Waals surface area (Å²) in [6.45, 7) is 3.19. The first-order valence-corrected chi connectivity index (χ1v) is 12.9. The first kappa shape index (κ1) is 24.1. The van der Waals surface area contributed by atoms with Crippen molar-refractivity contribution in [1.29, 1.82) is 0 Å². The summed E-state index contributed by atoms with van der Waals surface area (Å²) in [5.74, 6) is 0.301. The number of aromatic nitrogens is 1. The first-order valence-electron chi connectivity index (χ1n) is 12.5. The van der Waals surface area contributed by atoms with Crippen molar-refractivity contribution in [2.75, 3.05) is 36.1 Å². The molecule has 2 atom stereocenters. The minimum Gasteiger partial charge on any atom is -0.478 e. The normalized spacial score (nSPS) is 19.4. The standard InChI is InChI=1S/C29H26N4O4S/c34-28(35)20-5-3-4-19(18-20)24-11-12-25(37-24)27-26(23-6-1-2-13-30-23)31-29(38)33(27)22-9-7-21(8-10-22)32-14-16-36-17-15-32/h1-13,18,26-27H,14-17H2,(H,31,38)(H,34,35)/t26-,27+/m1/s1. The van der Waals surface area contributed by atoms with E-state index in [2.05, 4.69) is 44.4 Å². The number of ether oxygens (including phenoxy) is 1. The molecule has 0 amide bonds. The van der Waals surface area contributed by atoms with Crippen LogP contribution in [0.4, 0.5) is 11.4 Å². The van der Waals surface area contributed by atoms with Gasteiger partial charge in [0.1, 0.15) is 17.6 Å². The number of carbonyl (C=O) groups is 1. The smallest absolute Gasteiger partial charge is 0.335 e. The van der Waals surface area contributed by atoms with Gasteiger partial charge in [-0.1, -0.05) is 18.2 Å². The molecule has 2 aromatic carbocycles. The Morgan fingerprint density at radius 1 is 0.974 bits per heavy atom. The largest absolute Gasteiger partial charge is 0.478 e. The van der Waals surface area contributed by atoms with Crippen molar-refractivity contribution in [2.24, 2.45) is 0 Å². The molecule has 2 N–H and O–H groups in total. The lowest BCUT2D eigenvalue weighted by molar-refractivity contribution is 0.0697. The Labute approximate surface area is 225 Å². The van der Waals surface area contributed by atoms with E-state index in [1.165, 1.54) is 0 Å². The molecule has 0 aliphatic carbocycles. The summed E-state index contributed by atoms with van der Waals surface area (Å²) in [7, 11) is 0. The Bertz CT molecular complexity index is 1450. The predicted molar refractivity (Wildman–Crippen MR) is 149 cm³/mol. The molecule has 2 aliphatic rings. The van der Waals surface area contributed by atoms with Crippen molar-refractivity contribution in [3.63, 3.8) is 0 Å². The summed E-state index contributed by atoms with van der Waals surface area (Å²) in [6, 6.07) is 24.2. The summed E-state index contributed by atoms with van der Waals surface area (Å²) in [5.41, 5.74) is 3.83. The Kier molecular flexibility index (Phi) is 6.53. The lowest BCUT2D eigenvalue weighted by Gasteiger charge is -2.30. The molecule has 38 heavy (non-hydrogen) atoms. The van der Waals surface area contributed by atoms with E-state index in [1.807, 2.05) is 36.4 Å². The van der Waals surface area contributed by atoms with Crippen LogP contribution in [-0.4, -0.2) is 47.5 Å². The van der Waals surface area contributed by atoms with Crippen molar-refractivity contribution < 1.29 is 19.1 Å². The van der Waals surface area contributed by atoms with Crippen LogP contribution in [0.15, 0.2) is 89.5 Å². The van der Waals surface area contributed by atoms with Gasteiger partial charge >= 0.3 is 5.97 Å². The fourth-order valence-corrected chi connectivity index (χ4v) is 5.39. The number of carboxylic acid groups (broad SMARTS) is 1. The molecule has 9 heteroatoms. The van der Waals surface area contributed by atoms with Gasteiger partial charge in [-0.25, -0.2) is 4.79 Å². The van der Waals surface area contributed by atoms with Crippen molar-refractivity contribution in [3.8, 4) is 11.3 Å². The number of pyridine rings is 1. The van der Waals surface area contributed by atoms with Gasteiger partial charge in [-0.15, -0.1) is 0 Å². The third-order valence-corrected chi connectivity index (χ3v) is 7.23. The molecule has 2 aromatic heterocycles. The van der Waals surface area contributed by atoms with Gasteiger partial charge in [0.15, 0.2) is 5.11 Å². The maximum atomic E-state index is 11.5. The molecule has 0 saturated carbocycles. The number of anilines is 2. The lowest BCUT2D eigenvalue weighted by Crippen LogP contribution is -2.36. The molecule has 2 saturated heterocycles. The number of hydrogen-bond acceptors (Lipinski definition) is 6. The molecule has 0 bridgehead atoms. The highest BCUT2D eigenvalue weighted by Gasteiger charge is 2.42. The summed E-state index contributed by atoms with van der Waals surface area (Å²) in [6.07, 6.45) is 1.77. The molecule has 4 aromatic rings. The molecule has 2 fully saturated rings. The van der Waals surface area contributed by atoms with E-state index in [0.717, 1.165) is 43.4 Å². The van der Waals surface area contributed by atoms with Crippen molar-refractivity contribution >= 4 is 34.7 Å². The topological polar surface area (TPSA) is 91.1 Å². The number of hydrogen-bond donors (Lipinski definition) is 2. The van der Waals surface area contributed by atoms with Crippen molar-refractivity contribution in [1.82, 2.24) is 10.3 Å². The maximum Gasteiger partial charge on any atom is 0.335 e. The van der Waals surface area contributed by atoms with Gasteiger partial charge < -0.3 is 29.4 Å². The second kappa shape index (κ2) is 10.3. The molecule has 4 heterocycles. The molecule has 192 valence electrons. The zero-order chi connectivity index (χ0) is 26.1. The molecular weight excluding hydrogens is 500 g/mol. The summed E-state index contributed by atoms with van der Waals surface area (Å²) in [5, 5.41) is 13.4. The molecular formula is C29H26N4O4S. The quantitative estimate of drug-likeness (QED) is 0.335. The van der Waals surface area contributed by atoms with Gasteiger partial charge in [0.2, 0.25) is 0 Å². The van der Waals surface area contributed by atoms with Gasteiger partial charge in [0.05, 0.1) is 30.5 Å². The van der Waals surface area contributed by atoms with Gasteiger partial charge in [0, 0.05) is 36.2 Å². The number of nitrogens with one attached hydrogen (secondary N) is 1. The number of thiocarbonyl (C=S) groups is 1. The van der Waals surface area contributed by atoms with E-state index < -0.39 is 5.97 Å². The van der Waals surface area contributed by atoms with Gasteiger partial charge in [-0.2, -0.15) is 0 Å². The van der Waals surface area contributed by atoms with Crippen LogP contribution in [0, 0.1) is 0 Å². The third kappa shape index (κ3) is 4.62. The van der Waals surface area contributed by atoms with E-state index in [9.17, 15) is 9.90 Å². The fourth-order valence-electron chi connectivity index (χ4n) is 5.04. The highest BCUT2D eigenvalue weighted by Crippen LogP contribution is 2.43. The van der Waals surface area contributed by atoms with E-state index >= 15 is 0 Å².